The highest BCUT2D eigenvalue weighted by molar-refractivity contribution is 6.06. The van der Waals surface area contributed by atoms with E-state index in [0.29, 0.717) is 24.7 Å². The minimum atomic E-state index is -0.157. The Morgan fingerprint density at radius 1 is 1.22 bits per heavy atom. The lowest BCUT2D eigenvalue weighted by Crippen LogP contribution is -2.36. The summed E-state index contributed by atoms with van der Waals surface area (Å²) in [4.78, 5) is 19.2. The number of aromatic nitrogens is 1. The summed E-state index contributed by atoms with van der Waals surface area (Å²) in [5, 5.41) is 6.37. The van der Waals surface area contributed by atoms with Crippen molar-refractivity contribution in [1.29, 1.82) is 0 Å². The standard InChI is InChI=1S/C21H28N4O2/c1-16(2)7-8-23-18-13-17(14-22-15-18)21(26)24-19-5-3-4-6-20(19)25-9-11-27-12-10-25/h3-6,13-16,23H,7-12H2,1-2H3,(H,24,26). The number of anilines is 3. The first-order chi connectivity index (χ1) is 13.1. The van der Waals surface area contributed by atoms with Gasteiger partial charge in [-0.2, -0.15) is 0 Å². The van der Waals surface area contributed by atoms with E-state index in [1.54, 1.807) is 12.4 Å². The van der Waals surface area contributed by atoms with Gasteiger partial charge in [-0.1, -0.05) is 26.0 Å². The maximum atomic E-state index is 12.8. The number of para-hydroxylation sites is 2. The summed E-state index contributed by atoms with van der Waals surface area (Å²) >= 11 is 0. The van der Waals surface area contributed by atoms with Crippen LogP contribution in [0.2, 0.25) is 0 Å². The first-order valence-corrected chi connectivity index (χ1v) is 9.55. The first kappa shape index (κ1) is 19.2. The van der Waals surface area contributed by atoms with E-state index in [2.05, 4.69) is 34.4 Å². The van der Waals surface area contributed by atoms with E-state index in [1.165, 1.54) is 0 Å². The van der Waals surface area contributed by atoms with E-state index in [0.717, 1.165) is 43.1 Å². The van der Waals surface area contributed by atoms with Gasteiger partial charge in [-0.3, -0.25) is 9.78 Å². The van der Waals surface area contributed by atoms with Crippen molar-refractivity contribution >= 4 is 23.0 Å². The Morgan fingerprint density at radius 3 is 2.78 bits per heavy atom. The molecule has 0 aliphatic carbocycles. The number of hydrogen-bond donors (Lipinski definition) is 2. The van der Waals surface area contributed by atoms with Gasteiger partial charge in [0, 0.05) is 32.0 Å². The molecule has 1 aromatic heterocycles. The smallest absolute Gasteiger partial charge is 0.257 e. The molecule has 3 rings (SSSR count). The summed E-state index contributed by atoms with van der Waals surface area (Å²) in [7, 11) is 0. The molecule has 1 fully saturated rings. The Hall–Kier alpha value is -2.60. The van der Waals surface area contributed by atoms with Crippen LogP contribution in [0.1, 0.15) is 30.6 Å². The summed E-state index contributed by atoms with van der Waals surface area (Å²) in [6.07, 6.45) is 4.42. The fraction of sp³-hybridized carbons (Fsp3) is 0.429. The van der Waals surface area contributed by atoms with Crippen LogP contribution in [-0.2, 0) is 4.74 Å². The zero-order valence-electron chi connectivity index (χ0n) is 16.1. The number of carbonyl (C=O) groups excluding carboxylic acids is 1. The molecule has 144 valence electrons. The van der Waals surface area contributed by atoms with Gasteiger partial charge in [0.15, 0.2) is 0 Å². The zero-order chi connectivity index (χ0) is 19.1. The normalized spacial score (nSPS) is 14.3. The topological polar surface area (TPSA) is 66.5 Å². The average molecular weight is 368 g/mol. The third-order valence-corrected chi connectivity index (χ3v) is 4.56. The molecule has 0 unspecified atom stereocenters. The van der Waals surface area contributed by atoms with Crippen molar-refractivity contribution in [3.63, 3.8) is 0 Å². The summed E-state index contributed by atoms with van der Waals surface area (Å²) in [6.45, 7) is 8.30. The number of morpholine rings is 1. The van der Waals surface area contributed by atoms with Gasteiger partial charge in [-0.15, -0.1) is 0 Å². The lowest BCUT2D eigenvalue weighted by molar-refractivity contribution is 0.102. The largest absolute Gasteiger partial charge is 0.384 e. The summed E-state index contributed by atoms with van der Waals surface area (Å²) in [5.41, 5.74) is 3.24. The molecule has 6 nitrogen and oxygen atoms in total. The van der Waals surface area contributed by atoms with Crippen LogP contribution in [0.25, 0.3) is 0 Å². The molecule has 1 aliphatic rings. The van der Waals surface area contributed by atoms with Gasteiger partial charge in [-0.05, 0) is 30.5 Å². The Kier molecular flexibility index (Phi) is 6.65. The Balaban J connectivity index is 1.69. The molecule has 0 radical (unpaired) electrons. The quantitative estimate of drug-likeness (QED) is 0.781. The van der Waals surface area contributed by atoms with Crippen LogP contribution >= 0.6 is 0 Å². The number of carbonyl (C=O) groups is 1. The second-order valence-corrected chi connectivity index (χ2v) is 7.14. The van der Waals surface area contributed by atoms with Crippen LogP contribution in [0, 0.1) is 5.92 Å². The Labute approximate surface area is 160 Å². The molecule has 2 aromatic rings. The highest BCUT2D eigenvalue weighted by Crippen LogP contribution is 2.27. The zero-order valence-corrected chi connectivity index (χ0v) is 16.1. The maximum absolute atomic E-state index is 12.8. The number of amides is 1. The molecule has 0 saturated carbocycles. The van der Waals surface area contributed by atoms with Crippen LogP contribution in [-0.4, -0.2) is 43.7 Å². The highest BCUT2D eigenvalue weighted by atomic mass is 16.5. The van der Waals surface area contributed by atoms with Gasteiger partial charge in [0.05, 0.1) is 35.8 Å². The summed E-state index contributed by atoms with van der Waals surface area (Å²) < 4.78 is 5.43. The van der Waals surface area contributed by atoms with Crippen LogP contribution in [0.5, 0.6) is 0 Å². The molecule has 2 N–H and O–H groups in total. The predicted octanol–water partition coefficient (Wildman–Crippen LogP) is 3.63. The molecule has 1 saturated heterocycles. The minimum Gasteiger partial charge on any atom is -0.384 e. The molecular formula is C21H28N4O2. The molecule has 1 aromatic carbocycles. The summed E-state index contributed by atoms with van der Waals surface area (Å²) in [6, 6.07) is 9.73. The molecular weight excluding hydrogens is 340 g/mol. The van der Waals surface area contributed by atoms with E-state index < -0.39 is 0 Å². The van der Waals surface area contributed by atoms with Crippen LogP contribution in [0.3, 0.4) is 0 Å². The van der Waals surface area contributed by atoms with E-state index in [-0.39, 0.29) is 5.91 Å². The van der Waals surface area contributed by atoms with Crippen molar-refractivity contribution in [1.82, 2.24) is 4.98 Å². The van der Waals surface area contributed by atoms with Crippen molar-refractivity contribution in [3.8, 4) is 0 Å². The van der Waals surface area contributed by atoms with Gasteiger partial charge in [0.1, 0.15) is 0 Å². The highest BCUT2D eigenvalue weighted by Gasteiger charge is 2.16. The first-order valence-electron chi connectivity index (χ1n) is 9.55. The molecule has 0 bridgehead atoms. The SMILES string of the molecule is CC(C)CCNc1cncc(C(=O)Nc2ccccc2N2CCOCC2)c1. The van der Waals surface area contributed by atoms with Gasteiger partial charge in [-0.25, -0.2) is 0 Å². The van der Waals surface area contributed by atoms with Gasteiger partial charge in [0.2, 0.25) is 0 Å². The number of nitrogens with one attached hydrogen (secondary N) is 2. The number of pyridine rings is 1. The van der Waals surface area contributed by atoms with Crippen molar-refractivity contribution in [2.45, 2.75) is 20.3 Å². The second kappa shape index (κ2) is 9.37. The third kappa shape index (κ3) is 5.44. The monoisotopic (exact) mass is 368 g/mol. The number of rotatable bonds is 7. The summed E-state index contributed by atoms with van der Waals surface area (Å²) in [5.74, 6) is 0.476. The fourth-order valence-corrected chi connectivity index (χ4v) is 3.02. The molecule has 6 heteroatoms. The van der Waals surface area contributed by atoms with Crippen molar-refractivity contribution in [2.75, 3.05) is 48.4 Å². The van der Waals surface area contributed by atoms with E-state index >= 15 is 0 Å². The van der Waals surface area contributed by atoms with Crippen molar-refractivity contribution < 1.29 is 9.53 Å². The molecule has 1 amide bonds. The molecule has 0 spiro atoms. The number of hydrogen-bond acceptors (Lipinski definition) is 5. The molecule has 2 heterocycles. The van der Waals surface area contributed by atoms with Gasteiger partial charge >= 0.3 is 0 Å². The fourth-order valence-electron chi connectivity index (χ4n) is 3.02. The lowest BCUT2D eigenvalue weighted by Gasteiger charge is -2.30. The molecule has 0 atom stereocenters. The third-order valence-electron chi connectivity index (χ3n) is 4.56. The molecule has 1 aliphatic heterocycles. The predicted molar refractivity (Wildman–Crippen MR) is 110 cm³/mol. The number of ether oxygens (including phenoxy) is 1. The van der Waals surface area contributed by atoms with Gasteiger partial charge < -0.3 is 20.3 Å². The second-order valence-electron chi connectivity index (χ2n) is 7.14. The van der Waals surface area contributed by atoms with Gasteiger partial charge in [0.25, 0.3) is 5.91 Å². The van der Waals surface area contributed by atoms with Crippen molar-refractivity contribution in [3.05, 3.63) is 48.3 Å². The van der Waals surface area contributed by atoms with Crippen LogP contribution in [0.4, 0.5) is 17.1 Å². The Morgan fingerprint density at radius 2 is 2.00 bits per heavy atom. The van der Waals surface area contributed by atoms with Crippen LogP contribution < -0.4 is 15.5 Å². The van der Waals surface area contributed by atoms with E-state index in [9.17, 15) is 4.79 Å². The maximum Gasteiger partial charge on any atom is 0.257 e. The number of benzene rings is 1. The van der Waals surface area contributed by atoms with E-state index in [4.69, 9.17) is 4.74 Å². The van der Waals surface area contributed by atoms with Crippen LogP contribution in [0.15, 0.2) is 42.7 Å². The molecule has 27 heavy (non-hydrogen) atoms. The van der Waals surface area contributed by atoms with E-state index in [1.807, 2.05) is 30.3 Å². The average Bonchev–Trinajstić information content (AvgIpc) is 2.69. The van der Waals surface area contributed by atoms with Crippen molar-refractivity contribution in [2.24, 2.45) is 5.92 Å². The minimum absolute atomic E-state index is 0.157. The lowest BCUT2D eigenvalue weighted by atomic mass is 10.1. The number of nitrogens with zero attached hydrogens (tertiary/aromatic N) is 2. The Bertz CT molecular complexity index is 757.